The van der Waals surface area contributed by atoms with Crippen molar-refractivity contribution in [3.63, 3.8) is 0 Å². The van der Waals surface area contributed by atoms with E-state index >= 15 is 0 Å². The van der Waals surface area contributed by atoms with Crippen LogP contribution in [0.1, 0.15) is 48.5 Å². The number of esters is 1. The molecule has 0 unspecified atom stereocenters. The Kier molecular flexibility index (Phi) is 7.43. The normalized spacial score (nSPS) is 17.2. The summed E-state index contributed by atoms with van der Waals surface area (Å²) in [4.78, 5) is 24.5. The number of alkyl carbamates (subject to hydrolysis) is 1. The Labute approximate surface area is 192 Å². The zero-order chi connectivity index (χ0) is 23.4. The summed E-state index contributed by atoms with van der Waals surface area (Å²) in [6.07, 6.45) is 1.31. The third-order valence-corrected chi connectivity index (χ3v) is 6.49. The van der Waals surface area contributed by atoms with Crippen molar-refractivity contribution in [3.8, 4) is 0 Å². The molecule has 7 nitrogen and oxygen atoms in total. The van der Waals surface area contributed by atoms with E-state index in [1.54, 1.807) is 6.07 Å². The summed E-state index contributed by atoms with van der Waals surface area (Å²) in [5.74, 6) is -0.394. The highest BCUT2D eigenvalue weighted by Gasteiger charge is 2.52. The Morgan fingerprint density at radius 2 is 1.78 bits per heavy atom. The molecule has 2 heterocycles. The molecule has 3 rings (SSSR count). The highest BCUT2D eigenvalue weighted by atomic mass is 32.1. The highest BCUT2D eigenvalue weighted by Crippen LogP contribution is 2.38. The number of nitrogens with one attached hydrogen (secondary N) is 1. The number of rotatable bonds is 7. The van der Waals surface area contributed by atoms with Gasteiger partial charge in [0.25, 0.3) is 0 Å². The standard InChI is InChI=1S/C23H28BNO6S/c1-22(2)23(3,4)31-24(30-22)18(11-17-12-19(32-15-17)20(26)28-5)13-25-21(27)29-14-16-9-7-6-8-10-16/h6-12,15H,13-14H2,1-5H3,(H,25,27). The van der Waals surface area contributed by atoms with Crippen LogP contribution in [0.3, 0.4) is 0 Å². The Hall–Kier alpha value is -2.62. The number of carbonyl (C=O) groups is 2. The van der Waals surface area contributed by atoms with Gasteiger partial charge in [0.15, 0.2) is 0 Å². The van der Waals surface area contributed by atoms with Crippen molar-refractivity contribution in [2.24, 2.45) is 0 Å². The summed E-state index contributed by atoms with van der Waals surface area (Å²) in [5, 5.41) is 4.61. The number of ether oxygens (including phenoxy) is 2. The Morgan fingerprint density at radius 1 is 1.12 bits per heavy atom. The summed E-state index contributed by atoms with van der Waals surface area (Å²) in [7, 11) is 0.689. The van der Waals surface area contributed by atoms with Crippen LogP contribution in [-0.4, -0.2) is 44.0 Å². The molecule has 1 saturated heterocycles. The molecule has 0 saturated carbocycles. The lowest BCUT2D eigenvalue weighted by Gasteiger charge is -2.32. The van der Waals surface area contributed by atoms with Crippen LogP contribution in [-0.2, 0) is 25.4 Å². The minimum Gasteiger partial charge on any atom is -0.465 e. The highest BCUT2D eigenvalue weighted by molar-refractivity contribution is 7.12. The van der Waals surface area contributed by atoms with Crippen molar-refractivity contribution in [2.75, 3.05) is 13.7 Å². The minimum absolute atomic E-state index is 0.161. The molecule has 9 heteroatoms. The second kappa shape index (κ2) is 9.89. The largest absolute Gasteiger partial charge is 0.492 e. The molecule has 0 atom stereocenters. The van der Waals surface area contributed by atoms with Gasteiger partial charge >= 0.3 is 19.2 Å². The fourth-order valence-corrected chi connectivity index (χ4v) is 3.78. The zero-order valence-electron chi connectivity index (χ0n) is 19.0. The lowest BCUT2D eigenvalue weighted by atomic mass is 9.77. The van der Waals surface area contributed by atoms with E-state index in [1.165, 1.54) is 18.4 Å². The number of benzene rings is 1. The average Bonchev–Trinajstić information content (AvgIpc) is 3.31. The number of amides is 1. The van der Waals surface area contributed by atoms with Crippen molar-refractivity contribution in [1.82, 2.24) is 5.32 Å². The van der Waals surface area contributed by atoms with Gasteiger partial charge in [-0.05, 0) is 55.7 Å². The van der Waals surface area contributed by atoms with Gasteiger partial charge in [-0.15, -0.1) is 11.3 Å². The third kappa shape index (κ3) is 5.79. The van der Waals surface area contributed by atoms with Crippen molar-refractivity contribution < 1.29 is 28.4 Å². The first-order valence-corrected chi connectivity index (χ1v) is 11.2. The molecule has 170 valence electrons. The van der Waals surface area contributed by atoms with Crippen LogP contribution in [0.25, 0.3) is 6.08 Å². The quantitative estimate of drug-likeness (QED) is 0.488. The number of hydrogen-bond acceptors (Lipinski definition) is 7. The minimum atomic E-state index is -0.657. The van der Waals surface area contributed by atoms with E-state index in [-0.39, 0.29) is 13.2 Å². The molecule has 0 spiro atoms. The smallest absolute Gasteiger partial charge is 0.465 e. The van der Waals surface area contributed by atoms with E-state index in [0.717, 1.165) is 11.1 Å². The monoisotopic (exact) mass is 457 g/mol. The average molecular weight is 457 g/mol. The van der Waals surface area contributed by atoms with E-state index in [1.807, 2.05) is 69.5 Å². The van der Waals surface area contributed by atoms with Gasteiger partial charge in [-0.1, -0.05) is 36.4 Å². The van der Waals surface area contributed by atoms with Crippen molar-refractivity contribution in [2.45, 2.75) is 45.5 Å². The van der Waals surface area contributed by atoms with Gasteiger partial charge < -0.3 is 24.1 Å². The second-order valence-corrected chi connectivity index (χ2v) is 9.37. The predicted molar refractivity (Wildman–Crippen MR) is 124 cm³/mol. The van der Waals surface area contributed by atoms with Gasteiger partial charge in [-0.3, -0.25) is 0 Å². The molecule has 1 fully saturated rings. The lowest BCUT2D eigenvalue weighted by Crippen LogP contribution is -2.41. The zero-order valence-corrected chi connectivity index (χ0v) is 19.8. The van der Waals surface area contributed by atoms with Gasteiger partial charge in [-0.25, -0.2) is 9.59 Å². The maximum Gasteiger partial charge on any atom is 0.492 e. The van der Waals surface area contributed by atoms with Gasteiger partial charge in [0, 0.05) is 6.54 Å². The Balaban J connectivity index is 1.73. The van der Waals surface area contributed by atoms with Gasteiger partial charge in [0.05, 0.1) is 18.3 Å². The fourth-order valence-electron chi connectivity index (χ4n) is 2.99. The molecule has 1 aliphatic heterocycles. The Bertz CT molecular complexity index is 969. The summed E-state index contributed by atoms with van der Waals surface area (Å²) in [6.45, 7) is 8.19. The third-order valence-electron chi connectivity index (χ3n) is 5.56. The maximum atomic E-state index is 12.3. The number of thiophene rings is 1. The first-order valence-electron chi connectivity index (χ1n) is 10.3. The van der Waals surface area contributed by atoms with Gasteiger partial charge in [0.2, 0.25) is 0 Å². The summed E-state index contributed by atoms with van der Waals surface area (Å²) < 4.78 is 22.4. The molecule has 0 aliphatic carbocycles. The van der Waals surface area contributed by atoms with E-state index in [9.17, 15) is 9.59 Å². The topological polar surface area (TPSA) is 83.1 Å². The molecule has 2 aromatic rings. The van der Waals surface area contributed by atoms with Crippen LogP contribution in [0.4, 0.5) is 4.79 Å². The number of hydrogen-bond donors (Lipinski definition) is 1. The van der Waals surface area contributed by atoms with E-state index < -0.39 is 30.4 Å². The molecule has 0 radical (unpaired) electrons. The number of methoxy groups -OCH3 is 1. The summed E-state index contributed by atoms with van der Waals surface area (Å²) in [6, 6.07) is 11.2. The second-order valence-electron chi connectivity index (χ2n) is 8.46. The van der Waals surface area contributed by atoms with Crippen LogP contribution in [0.2, 0.25) is 0 Å². The molecule has 32 heavy (non-hydrogen) atoms. The van der Waals surface area contributed by atoms with Crippen LogP contribution in [0.5, 0.6) is 0 Å². The SMILES string of the molecule is COC(=O)c1cc(C=C(CNC(=O)OCc2ccccc2)B2OC(C)(C)C(C)(C)O2)cs1. The maximum absolute atomic E-state index is 12.3. The predicted octanol–water partition coefficient (Wildman–Crippen LogP) is 4.48. The molecular formula is C23H28BNO6S. The molecule has 1 N–H and O–H groups in total. The van der Waals surface area contributed by atoms with Crippen LogP contribution < -0.4 is 5.32 Å². The van der Waals surface area contributed by atoms with E-state index in [4.69, 9.17) is 18.8 Å². The fraction of sp³-hybridized carbons (Fsp3) is 0.391. The summed E-state index contributed by atoms with van der Waals surface area (Å²) >= 11 is 1.28. The van der Waals surface area contributed by atoms with Crippen LogP contribution in [0.15, 0.2) is 47.3 Å². The van der Waals surface area contributed by atoms with Gasteiger partial charge in [0.1, 0.15) is 11.5 Å². The summed E-state index contributed by atoms with van der Waals surface area (Å²) in [5.41, 5.74) is 1.33. The van der Waals surface area contributed by atoms with Crippen LogP contribution >= 0.6 is 11.3 Å². The number of carbonyl (C=O) groups excluding carboxylic acids is 2. The molecule has 1 aliphatic rings. The van der Waals surface area contributed by atoms with Crippen LogP contribution in [0, 0.1) is 0 Å². The van der Waals surface area contributed by atoms with Crippen molar-refractivity contribution in [3.05, 3.63) is 63.3 Å². The lowest BCUT2D eigenvalue weighted by molar-refractivity contribution is 0.00578. The first-order chi connectivity index (χ1) is 15.1. The molecular weight excluding hydrogens is 429 g/mol. The van der Waals surface area contributed by atoms with E-state index in [2.05, 4.69) is 5.32 Å². The molecule has 1 aromatic heterocycles. The Morgan fingerprint density at radius 3 is 2.41 bits per heavy atom. The van der Waals surface area contributed by atoms with Crippen molar-refractivity contribution >= 4 is 36.6 Å². The van der Waals surface area contributed by atoms with Crippen molar-refractivity contribution in [1.29, 1.82) is 0 Å². The molecule has 1 amide bonds. The van der Waals surface area contributed by atoms with E-state index in [0.29, 0.717) is 10.3 Å². The molecule has 0 bridgehead atoms. The van der Waals surface area contributed by atoms with Gasteiger partial charge in [-0.2, -0.15) is 0 Å². The molecule has 1 aromatic carbocycles. The first kappa shape index (κ1) is 24.0.